The number of carbonyl (C=O) groups excluding carboxylic acids is 2. The second-order valence-corrected chi connectivity index (χ2v) is 8.42. The molecule has 0 unspecified atom stereocenters. The Morgan fingerprint density at radius 1 is 1.11 bits per heavy atom. The van der Waals surface area contributed by atoms with E-state index < -0.39 is 17.3 Å². The lowest BCUT2D eigenvalue weighted by Crippen LogP contribution is -2.37. The van der Waals surface area contributed by atoms with Gasteiger partial charge in [0.2, 0.25) is 0 Å². The van der Waals surface area contributed by atoms with E-state index in [1.165, 1.54) is 0 Å². The third-order valence-corrected chi connectivity index (χ3v) is 3.51. The van der Waals surface area contributed by atoms with Crippen LogP contribution in [0.3, 0.4) is 0 Å². The molecule has 1 N–H and O–H groups in total. The lowest BCUT2D eigenvalue weighted by molar-refractivity contribution is 0.0346. The van der Waals surface area contributed by atoms with E-state index in [4.69, 9.17) is 9.47 Å². The highest BCUT2D eigenvalue weighted by molar-refractivity contribution is 5.86. The highest BCUT2D eigenvalue weighted by Gasteiger charge is 2.27. The maximum absolute atomic E-state index is 12.6. The number of hydrogen-bond acceptors (Lipinski definition) is 5. The van der Waals surface area contributed by atoms with Gasteiger partial charge in [0.25, 0.3) is 0 Å². The Kier molecular flexibility index (Phi) is 6.13. The molecule has 1 aliphatic heterocycles. The van der Waals surface area contributed by atoms with Crippen molar-refractivity contribution in [1.29, 1.82) is 0 Å². The van der Waals surface area contributed by atoms with Crippen LogP contribution in [-0.4, -0.2) is 39.8 Å². The molecule has 0 bridgehead atoms. The molecule has 0 radical (unpaired) electrons. The monoisotopic (exact) mass is 375 g/mol. The third kappa shape index (κ3) is 6.58. The first-order valence-electron chi connectivity index (χ1n) is 9.12. The molecule has 7 nitrogen and oxygen atoms in total. The molecule has 2 rings (SSSR count). The smallest absolute Gasteiger partial charge is 0.414 e. The lowest BCUT2D eigenvalue weighted by Gasteiger charge is -2.31. The summed E-state index contributed by atoms with van der Waals surface area (Å²) in [5, 5.41) is 2.63. The average molecular weight is 375 g/mol. The number of nitrogens with zero attached hydrogens (tertiary/aromatic N) is 2. The zero-order chi connectivity index (χ0) is 20.2. The van der Waals surface area contributed by atoms with E-state index in [9.17, 15) is 9.59 Å². The van der Waals surface area contributed by atoms with Crippen LogP contribution >= 0.6 is 0 Å². The van der Waals surface area contributed by atoms with E-state index in [-0.39, 0.29) is 6.09 Å². The van der Waals surface area contributed by atoms with Crippen LogP contribution in [0.15, 0.2) is 24.4 Å². The van der Waals surface area contributed by atoms with E-state index in [0.717, 1.165) is 24.1 Å². The number of anilines is 1. The van der Waals surface area contributed by atoms with Crippen LogP contribution in [0.5, 0.6) is 0 Å². The molecule has 27 heavy (non-hydrogen) atoms. The Balaban J connectivity index is 2.19. The molecule has 0 saturated heterocycles. The van der Waals surface area contributed by atoms with Crippen molar-refractivity contribution < 1.29 is 19.1 Å². The Labute approximate surface area is 160 Å². The number of allylic oxidation sites excluding steroid dienone is 1. The second-order valence-electron chi connectivity index (χ2n) is 8.42. The van der Waals surface area contributed by atoms with Crippen molar-refractivity contribution >= 4 is 23.7 Å². The van der Waals surface area contributed by atoms with Gasteiger partial charge in [0.15, 0.2) is 0 Å². The predicted octanol–water partition coefficient (Wildman–Crippen LogP) is 4.80. The molecule has 1 aromatic rings. The van der Waals surface area contributed by atoms with Crippen LogP contribution in [-0.2, 0) is 9.47 Å². The number of rotatable bonds is 2. The predicted molar refractivity (Wildman–Crippen MR) is 104 cm³/mol. The van der Waals surface area contributed by atoms with Crippen molar-refractivity contribution in [1.82, 2.24) is 9.88 Å². The molecule has 0 fully saturated rings. The number of carbonyl (C=O) groups is 2. The van der Waals surface area contributed by atoms with Gasteiger partial charge in [0.05, 0.1) is 5.70 Å². The maximum Gasteiger partial charge on any atom is 0.414 e. The van der Waals surface area contributed by atoms with Gasteiger partial charge in [-0.25, -0.2) is 14.6 Å². The molecular weight excluding hydrogens is 346 g/mol. The maximum atomic E-state index is 12.6. The van der Waals surface area contributed by atoms with E-state index >= 15 is 0 Å². The minimum atomic E-state index is -0.596. The van der Waals surface area contributed by atoms with E-state index in [2.05, 4.69) is 10.3 Å². The van der Waals surface area contributed by atoms with Crippen LogP contribution in [0.25, 0.3) is 5.70 Å². The summed E-state index contributed by atoms with van der Waals surface area (Å²) in [4.78, 5) is 30.3. The summed E-state index contributed by atoms with van der Waals surface area (Å²) < 4.78 is 10.8. The van der Waals surface area contributed by atoms with Crippen molar-refractivity contribution in [2.24, 2.45) is 0 Å². The van der Waals surface area contributed by atoms with Gasteiger partial charge in [-0.05, 0) is 66.5 Å². The van der Waals surface area contributed by atoms with Crippen molar-refractivity contribution in [3.63, 3.8) is 0 Å². The number of amides is 2. The Morgan fingerprint density at radius 3 is 2.41 bits per heavy atom. The summed E-state index contributed by atoms with van der Waals surface area (Å²) in [5.41, 5.74) is 0.370. The Morgan fingerprint density at radius 2 is 1.78 bits per heavy atom. The van der Waals surface area contributed by atoms with Gasteiger partial charge < -0.3 is 9.47 Å². The largest absolute Gasteiger partial charge is 0.444 e. The van der Waals surface area contributed by atoms with Gasteiger partial charge in [-0.1, -0.05) is 6.08 Å². The zero-order valence-corrected chi connectivity index (χ0v) is 17.0. The van der Waals surface area contributed by atoms with Gasteiger partial charge >= 0.3 is 12.2 Å². The number of pyridine rings is 1. The number of hydrogen-bond donors (Lipinski definition) is 1. The molecule has 2 amide bonds. The SMILES string of the molecule is CC(C)(C)OC(=O)Nc1cc(C2=CCCCN2C(=O)OC(C)(C)C)ccn1. The van der Waals surface area contributed by atoms with E-state index in [1.54, 1.807) is 44.0 Å². The lowest BCUT2D eigenvalue weighted by atomic mass is 10.1. The summed E-state index contributed by atoms with van der Waals surface area (Å²) in [6.45, 7) is 11.5. The third-order valence-electron chi connectivity index (χ3n) is 3.51. The molecule has 0 spiro atoms. The number of nitrogens with one attached hydrogen (secondary N) is 1. The molecule has 0 aromatic carbocycles. The summed E-state index contributed by atoms with van der Waals surface area (Å²) in [7, 11) is 0. The first-order chi connectivity index (χ1) is 12.4. The quantitative estimate of drug-likeness (QED) is 0.803. The van der Waals surface area contributed by atoms with Crippen molar-refractivity contribution in [3.8, 4) is 0 Å². The highest BCUT2D eigenvalue weighted by atomic mass is 16.6. The molecule has 2 heterocycles. The minimum absolute atomic E-state index is 0.359. The molecule has 1 aliphatic rings. The van der Waals surface area contributed by atoms with Gasteiger partial charge in [-0.15, -0.1) is 0 Å². The van der Waals surface area contributed by atoms with E-state index in [1.807, 2.05) is 26.8 Å². The van der Waals surface area contributed by atoms with Gasteiger partial charge in [-0.2, -0.15) is 0 Å². The first kappa shape index (κ1) is 20.7. The molecule has 7 heteroatoms. The van der Waals surface area contributed by atoms with Crippen molar-refractivity contribution in [2.45, 2.75) is 65.6 Å². The van der Waals surface area contributed by atoms with Gasteiger partial charge in [0, 0.05) is 18.3 Å². The standard InChI is InChI=1S/C20H29N3O4/c1-19(2,3)26-17(24)22-16-13-14(10-11-21-16)15-9-7-8-12-23(15)18(25)27-20(4,5)6/h9-11,13H,7-8,12H2,1-6H3,(H,21,22,24). The number of aromatic nitrogens is 1. The van der Waals surface area contributed by atoms with Crippen LogP contribution in [0, 0.1) is 0 Å². The zero-order valence-electron chi connectivity index (χ0n) is 17.0. The van der Waals surface area contributed by atoms with Gasteiger partial charge in [-0.3, -0.25) is 10.2 Å². The summed E-state index contributed by atoms with van der Waals surface area (Å²) in [6.07, 6.45) is 4.37. The summed E-state index contributed by atoms with van der Waals surface area (Å²) in [6, 6.07) is 3.52. The normalized spacial score (nSPS) is 15.0. The fraction of sp³-hybridized carbons (Fsp3) is 0.550. The molecular formula is C20H29N3O4. The molecule has 0 atom stereocenters. The minimum Gasteiger partial charge on any atom is -0.444 e. The first-order valence-corrected chi connectivity index (χ1v) is 9.12. The van der Waals surface area contributed by atoms with Crippen LogP contribution in [0.1, 0.15) is 59.9 Å². The number of ether oxygens (including phenoxy) is 2. The fourth-order valence-electron chi connectivity index (χ4n) is 2.57. The molecule has 1 aromatic heterocycles. The topological polar surface area (TPSA) is 80.8 Å². The Hall–Kier alpha value is -2.57. The summed E-state index contributed by atoms with van der Waals surface area (Å²) in [5.74, 6) is 0.359. The Bertz CT molecular complexity index is 729. The highest BCUT2D eigenvalue weighted by Crippen LogP contribution is 2.28. The van der Waals surface area contributed by atoms with Crippen LogP contribution in [0.4, 0.5) is 15.4 Å². The van der Waals surface area contributed by atoms with E-state index in [0.29, 0.717) is 12.4 Å². The molecule has 0 saturated carbocycles. The fourth-order valence-corrected chi connectivity index (χ4v) is 2.57. The van der Waals surface area contributed by atoms with Crippen LogP contribution < -0.4 is 5.32 Å². The second kappa shape index (κ2) is 7.98. The van der Waals surface area contributed by atoms with Crippen molar-refractivity contribution in [2.75, 3.05) is 11.9 Å². The van der Waals surface area contributed by atoms with Gasteiger partial charge in [0.1, 0.15) is 17.0 Å². The van der Waals surface area contributed by atoms with Crippen molar-refractivity contribution in [3.05, 3.63) is 30.0 Å². The molecule has 0 aliphatic carbocycles. The average Bonchev–Trinajstić information content (AvgIpc) is 2.51. The van der Waals surface area contributed by atoms with Crippen LogP contribution in [0.2, 0.25) is 0 Å². The molecule has 148 valence electrons. The summed E-state index contributed by atoms with van der Waals surface area (Å²) >= 11 is 0.